The lowest BCUT2D eigenvalue weighted by Crippen LogP contribution is -2.45. The van der Waals surface area contributed by atoms with Crippen molar-refractivity contribution in [2.45, 2.75) is 13.1 Å². The zero-order chi connectivity index (χ0) is 21.5. The number of benzene rings is 2. The van der Waals surface area contributed by atoms with Gasteiger partial charge in [-0.15, -0.1) is 0 Å². The quantitative estimate of drug-likeness (QED) is 0.502. The van der Waals surface area contributed by atoms with Crippen LogP contribution in [0.5, 0.6) is 0 Å². The van der Waals surface area contributed by atoms with Gasteiger partial charge in [-0.05, 0) is 29.3 Å². The van der Waals surface area contributed by atoms with Crippen LogP contribution in [-0.2, 0) is 22.7 Å². The van der Waals surface area contributed by atoms with Crippen LogP contribution in [0, 0.1) is 0 Å². The molecule has 0 unspecified atom stereocenters. The lowest BCUT2D eigenvalue weighted by atomic mass is 10.1. The van der Waals surface area contributed by atoms with E-state index in [0.29, 0.717) is 0 Å². The Morgan fingerprint density at radius 2 is 1.53 bits per heavy atom. The molecule has 0 aliphatic carbocycles. The van der Waals surface area contributed by atoms with Gasteiger partial charge in [0, 0.05) is 60.8 Å². The molecule has 8 heteroatoms. The first-order valence-electron chi connectivity index (χ1n) is 9.62. The lowest BCUT2D eigenvalue weighted by Gasteiger charge is -2.34. The van der Waals surface area contributed by atoms with Gasteiger partial charge in [-0.2, -0.15) is 0 Å². The van der Waals surface area contributed by atoms with Gasteiger partial charge >= 0.3 is 11.9 Å². The molecule has 0 amide bonds. The maximum absolute atomic E-state index is 9.10. The van der Waals surface area contributed by atoms with Crippen LogP contribution in [0.3, 0.4) is 0 Å². The highest BCUT2D eigenvalue weighted by Crippen LogP contribution is 2.20. The van der Waals surface area contributed by atoms with Crippen molar-refractivity contribution in [2.24, 2.45) is 0 Å². The minimum absolute atomic E-state index is 1.04. The predicted octanol–water partition coefficient (Wildman–Crippen LogP) is 3.40. The highest BCUT2D eigenvalue weighted by atomic mass is 79.9. The molecule has 2 heterocycles. The van der Waals surface area contributed by atoms with Crippen molar-refractivity contribution in [3.63, 3.8) is 0 Å². The summed E-state index contributed by atoms with van der Waals surface area (Å²) in [6.07, 6.45) is 2.17. The van der Waals surface area contributed by atoms with Crippen molar-refractivity contribution < 1.29 is 19.8 Å². The summed E-state index contributed by atoms with van der Waals surface area (Å²) in [6, 6.07) is 17.2. The second kappa shape index (κ2) is 10.4. The number of fused-ring (bicyclic) bond motifs is 1. The molecule has 0 spiro atoms. The summed E-state index contributed by atoms with van der Waals surface area (Å²) in [7, 11) is 0. The molecule has 1 aliphatic rings. The zero-order valence-corrected chi connectivity index (χ0v) is 18.0. The van der Waals surface area contributed by atoms with Crippen LogP contribution in [0.4, 0.5) is 0 Å². The molecule has 158 valence electrons. The SMILES string of the molecule is Brc1cccc(CN2CCN(Cc3c[nH]c4ccccc34)CC2)c1.O=C(O)C(=O)O. The highest BCUT2D eigenvalue weighted by molar-refractivity contribution is 9.10. The van der Waals surface area contributed by atoms with Crippen LogP contribution < -0.4 is 0 Å². The molecule has 0 atom stereocenters. The Labute approximate surface area is 183 Å². The number of halogens is 1. The summed E-state index contributed by atoms with van der Waals surface area (Å²) < 4.78 is 1.16. The third kappa shape index (κ3) is 6.16. The van der Waals surface area contributed by atoms with Crippen LogP contribution >= 0.6 is 15.9 Å². The number of carboxylic acids is 2. The number of aromatic amines is 1. The zero-order valence-electron chi connectivity index (χ0n) is 16.4. The van der Waals surface area contributed by atoms with Crippen LogP contribution in [0.15, 0.2) is 59.2 Å². The summed E-state index contributed by atoms with van der Waals surface area (Å²) in [5.74, 6) is -3.65. The monoisotopic (exact) mass is 473 g/mol. The first-order chi connectivity index (χ1) is 14.4. The van der Waals surface area contributed by atoms with Crippen molar-refractivity contribution in [1.82, 2.24) is 14.8 Å². The molecule has 1 saturated heterocycles. The van der Waals surface area contributed by atoms with E-state index >= 15 is 0 Å². The van der Waals surface area contributed by atoms with Crippen molar-refractivity contribution >= 4 is 38.8 Å². The van der Waals surface area contributed by atoms with Crippen LogP contribution in [-0.4, -0.2) is 63.1 Å². The molecule has 4 rings (SSSR count). The van der Waals surface area contributed by atoms with Gasteiger partial charge < -0.3 is 15.2 Å². The second-order valence-electron chi connectivity index (χ2n) is 7.15. The van der Waals surface area contributed by atoms with E-state index in [1.54, 1.807) is 0 Å². The van der Waals surface area contributed by atoms with Gasteiger partial charge in [-0.25, -0.2) is 9.59 Å². The Hall–Kier alpha value is -2.68. The number of para-hydroxylation sites is 1. The topological polar surface area (TPSA) is 96.9 Å². The van der Waals surface area contributed by atoms with Crippen molar-refractivity contribution in [2.75, 3.05) is 26.2 Å². The normalized spacial score (nSPS) is 14.8. The highest BCUT2D eigenvalue weighted by Gasteiger charge is 2.18. The number of hydrogen-bond acceptors (Lipinski definition) is 4. The Morgan fingerprint density at radius 1 is 0.900 bits per heavy atom. The van der Waals surface area contributed by atoms with Crippen molar-refractivity contribution in [1.29, 1.82) is 0 Å². The molecular formula is C22H24BrN3O4. The second-order valence-corrected chi connectivity index (χ2v) is 8.07. The number of nitrogens with one attached hydrogen (secondary N) is 1. The largest absolute Gasteiger partial charge is 0.473 e. The molecule has 0 bridgehead atoms. The summed E-state index contributed by atoms with van der Waals surface area (Å²) in [4.78, 5) is 26.7. The molecule has 30 heavy (non-hydrogen) atoms. The maximum atomic E-state index is 9.10. The minimum Gasteiger partial charge on any atom is -0.473 e. The standard InChI is InChI=1S/C20H22BrN3.C2H2O4/c21-18-5-3-4-16(12-18)14-23-8-10-24(11-9-23)15-17-13-22-20-7-2-1-6-19(17)20;3-1(4)2(5)6/h1-7,12-13,22H,8-11,14-15H2;(H,3,4)(H,5,6). The van der Waals surface area contributed by atoms with Crippen LogP contribution in [0.1, 0.15) is 11.1 Å². The molecule has 1 aliphatic heterocycles. The number of aliphatic carboxylic acids is 2. The third-order valence-electron chi connectivity index (χ3n) is 5.01. The number of hydrogen-bond donors (Lipinski definition) is 3. The maximum Gasteiger partial charge on any atom is 0.414 e. The van der Waals surface area contributed by atoms with E-state index in [9.17, 15) is 0 Å². The molecule has 7 nitrogen and oxygen atoms in total. The summed E-state index contributed by atoms with van der Waals surface area (Å²) in [5.41, 5.74) is 4.03. The summed E-state index contributed by atoms with van der Waals surface area (Å²) >= 11 is 3.56. The number of H-pyrrole nitrogens is 1. The number of carboxylic acid groups (broad SMARTS) is 2. The summed E-state index contributed by atoms with van der Waals surface area (Å²) in [5, 5.41) is 16.1. The molecule has 1 fully saturated rings. The first-order valence-corrected chi connectivity index (χ1v) is 10.4. The van der Waals surface area contributed by atoms with Crippen LogP contribution in [0.25, 0.3) is 10.9 Å². The van der Waals surface area contributed by atoms with Gasteiger partial charge in [0.15, 0.2) is 0 Å². The fourth-order valence-electron chi connectivity index (χ4n) is 3.50. The Morgan fingerprint density at radius 3 is 2.17 bits per heavy atom. The van der Waals surface area contributed by atoms with Gasteiger partial charge in [0.05, 0.1) is 0 Å². The van der Waals surface area contributed by atoms with E-state index in [-0.39, 0.29) is 0 Å². The van der Waals surface area contributed by atoms with E-state index in [1.807, 2.05) is 0 Å². The van der Waals surface area contributed by atoms with E-state index < -0.39 is 11.9 Å². The van der Waals surface area contributed by atoms with Gasteiger partial charge in [0.1, 0.15) is 0 Å². The molecule has 2 aromatic carbocycles. The summed E-state index contributed by atoms with van der Waals surface area (Å²) in [6.45, 7) is 6.61. The minimum atomic E-state index is -1.82. The van der Waals surface area contributed by atoms with E-state index in [0.717, 1.165) is 43.7 Å². The van der Waals surface area contributed by atoms with Gasteiger partial charge in [0.2, 0.25) is 0 Å². The van der Waals surface area contributed by atoms with Gasteiger partial charge in [-0.3, -0.25) is 9.80 Å². The van der Waals surface area contributed by atoms with Crippen LogP contribution in [0.2, 0.25) is 0 Å². The smallest absolute Gasteiger partial charge is 0.414 e. The van der Waals surface area contributed by atoms with Gasteiger partial charge in [0.25, 0.3) is 0 Å². The van der Waals surface area contributed by atoms with E-state index in [1.165, 1.54) is 22.0 Å². The average molecular weight is 474 g/mol. The molecule has 1 aromatic heterocycles. The fourth-order valence-corrected chi connectivity index (χ4v) is 3.95. The molecule has 3 aromatic rings. The number of rotatable bonds is 4. The van der Waals surface area contributed by atoms with Crippen molar-refractivity contribution in [3.05, 3.63) is 70.3 Å². The number of piperazine rings is 1. The van der Waals surface area contributed by atoms with Gasteiger partial charge in [-0.1, -0.05) is 46.3 Å². The molecule has 3 N–H and O–H groups in total. The predicted molar refractivity (Wildman–Crippen MR) is 118 cm³/mol. The number of nitrogens with zero attached hydrogens (tertiary/aromatic N) is 2. The fraction of sp³-hybridized carbons (Fsp3) is 0.273. The Kier molecular flexibility index (Phi) is 7.62. The first kappa shape index (κ1) is 22.0. The number of aromatic nitrogens is 1. The average Bonchev–Trinajstić information content (AvgIpc) is 3.13. The van der Waals surface area contributed by atoms with E-state index in [4.69, 9.17) is 19.8 Å². The molecule has 0 saturated carbocycles. The van der Waals surface area contributed by atoms with E-state index in [2.05, 4.69) is 85.4 Å². The van der Waals surface area contributed by atoms with Crippen molar-refractivity contribution in [3.8, 4) is 0 Å². The number of carbonyl (C=O) groups is 2. The Bertz CT molecular complexity index is 1000. The lowest BCUT2D eigenvalue weighted by molar-refractivity contribution is -0.159. The molecular weight excluding hydrogens is 450 g/mol. The third-order valence-corrected chi connectivity index (χ3v) is 5.51. The Balaban J connectivity index is 0.000000377. The molecule has 0 radical (unpaired) electrons.